The summed E-state index contributed by atoms with van der Waals surface area (Å²) in [5.41, 5.74) is 2.28. The molecule has 0 radical (unpaired) electrons. The molecule has 6 rings (SSSR count). The minimum absolute atomic E-state index is 0.144. The Balaban J connectivity index is 1.40. The van der Waals surface area contributed by atoms with Crippen LogP contribution in [0, 0.1) is 5.82 Å². The predicted octanol–water partition coefficient (Wildman–Crippen LogP) is 3.66. The Morgan fingerprint density at radius 3 is 2.89 bits per heavy atom. The summed E-state index contributed by atoms with van der Waals surface area (Å²) < 4.78 is 17.3. The second kappa shape index (κ2) is 9.28. The number of hydrogen-bond acceptors (Lipinski definition) is 8. The normalized spacial score (nSPS) is 15.9. The fraction of sp³-hybridized carbons (Fsp3) is 0.217. The number of aromatic nitrogens is 7. The van der Waals surface area contributed by atoms with Gasteiger partial charge in [-0.2, -0.15) is 5.10 Å². The molecule has 2 N–H and O–H groups in total. The molecule has 5 heterocycles. The van der Waals surface area contributed by atoms with Gasteiger partial charge in [-0.25, -0.2) is 24.0 Å². The topological polar surface area (TPSA) is 118 Å². The van der Waals surface area contributed by atoms with Crippen molar-refractivity contribution in [1.82, 2.24) is 40.1 Å². The average Bonchev–Trinajstić information content (AvgIpc) is 3.64. The molecule has 182 valence electrons. The number of benzene rings is 1. The number of amides is 1. The first-order chi connectivity index (χ1) is 17.6. The van der Waals surface area contributed by atoms with Crippen LogP contribution in [0.5, 0.6) is 0 Å². The van der Waals surface area contributed by atoms with Crippen LogP contribution in [0.4, 0.5) is 4.39 Å². The molecular weight excluding hydrogens is 505 g/mol. The van der Waals surface area contributed by atoms with E-state index in [4.69, 9.17) is 16.6 Å². The second-order valence-corrected chi connectivity index (χ2v) is 9.96. The highest BCUT2D eigenvalue weighted by Crippen LogP contribution is 2.30. The Morgan fingerprint density at radius 1 is 1.22 bits per heavy atom. The van der Waals surface area contributed by atoms with E-state index in [2.05, 4.69) is 35.5 Å². The predicted molar refractivity (Wildman–Crippen MR) is 134 cm³/mol. The highest BCUT2D eigenvalue weighted by molar-refractivity contribution is 7.17. The molecule has 10 nitrogen and oxygen atoms in total. The SMILES string of the molecule is O=C(N[C@H]1CCCN(n2c(-c3ccccc3F)nc3cnc(-c4nc[nH]n4)cc32)C1)c1ncc(Cl)s1. The van der Waals surface area contributed by atoms with Gasteiger partial charge in [0.05, 0.1) is 30.0 Å². The molecule has 0 aliphatic carbocycles. The number of halogens is 2. The Hall–Kier alpha value is -3.90. The van der Waals surface area contributed by atoms with E-state index in [9.17, 15) is 9.18 Å². The van der Waals surface area contributed by atoms with Crippen molar-refractivity contribution in [2.75, 3.05) is 18.1 Å². The number of aromatic amines is 1. The highest BCUT2D eigenvalue weighted by Gasteiger charge is 2.27. The summed E-state index contributed by atoms with van der Waals surface area (Å²) in [5.74, 6) is 0.261. The molecule has 36 heavy (non-hydrogen) atoms. The van der Waals surface area contributed by atoms with Gasteiger partial charge in [0.25, 0.3) is 5.91 Å². The maximum absolute atomic E-state index is 14.9. The number of rotatable bonds is 5. The summed E-state index contributed by atoms with van der Waals surface area (Å²) in [6.45, 7) is 1.19. The van der Waals surface area contributed by atoms with Gasteiger partial charge >= 0.3 is 0 Å². The number of carbonyl (C=O) groups excluding carboxylic acids is 1. The zero-order valence-electron chi connectivity index (χ0n) is 18.7. The maximum Gasteiger partial charge on any atom is 0.280 e. The van der Waals surface area contributed by atoms with Gasteiger partial charge in [0.15, 0.2) is 16.7 Å². The number of nitrogens with one attached hydrogen (secondary N) is 2. The minimum Gasteiger partial charge on any atom is -0.345 e. The van der Waals surface area contributed by atoms with Crippen LogP contribution in [0.2, 0.25) is 4.34 Å². The van der Waals surface area contributed by atoms with E-state index < -0.39 is 0 Å². The summed E-state index contributed by atoms with van der Waals surface area (Å²) in [5, 5.41) is 12.3. The smallest absolute Gasteiger partial charge is 0.280 e. The molecule has 1 amide bonds. The zero-order chi connectivity index (χ0) is 24.6. The van der Waals surface area contributed by atoms with E-state index >= 15 is 0 Å². The first-order valence-electron chi connectivity index (χ1n) is 11.2. The summed E-state index contributed by atoms with van der Waals surface area (Å²) in [6.07, 6.45) is 6.20. The molecule has 5 aromatic rings. The van der Waals surface area contributed by atoms with Crippen LogP contribution in [0.3, 0.4) is 0 Å². The van der Waals surface area contributed by atoms with E-state index in [1.54, 1.807) is 24.4 Å². The monoisotopic (exact) mass is 523 g/mol. The summed E-state index contributed by atoms with van der Waals surface area (Å²) >= 11 is 7.08. The van der Waals surface area contributed by atoms with Crippen LogP contribution in [-0.2, 0) is 0 Å². The molecule has 1 aliphatic heterocycles. The molecule has 0 saturated carbocycles. The van der Waals surface area contributed by atoms with Crippen LogP contribution < -0.4 is 10.3 Å². The first kappa shape index (κ1) is 22.6. The van der Waals surface area contributed by atoms with Gasteiger partial charge in [-0.15, -0.1) is 0 Å². The lowest BCUT2D eigenvalue weighted by atomic mass is 10.1. The number of imidazole rings is 1. The molecule has 1 aliphatic rings. The molecule has 0 bridgehead atoms. The molecule has 13 heteroatoms. The van der Waals surface area contributed by atoms with Crippen LogP contribution in [0.15, 0.2) is 49.1 Å². The zero-order valence-corrected chi connectivity index (χ0v) is 20.3. The lowest BCUT2D eigenvalue weighted by Gasteiger charge is -2.36. The third-order valence-electron chi connectivity index (χ3n) is 5.97. The number of carbonyl (C=O) groups is 1. The fourth-order valence-electron chi connectivity index (χ4n) is 4.39. The van der Waals surface area contributed by atoms with E-state index in [0.717, 1.165) is 29.7 Å². The average molecular weight is 524 g/mol. The Bertz CT molecular complexity index is 1550. The van der Waals surface area contributed by atoms with E-state index in [1.165, 1.54) is 18.6 Å². The molecular formula is C23H19ClFN9OS. The summed E-state index contributed by atoms with van der Waals surface area (Å²) in [7, 11) is 0. The van der Waals surface area contributed by atoms with Gasteiger partial charge in [0, 0.05) is 12.6 Å². The number of fused-ring (bicyclic) bond motifs is 1. The second-order valence-electron chi connectivity index (χ2n) is 8.30. The Kier molecular flexibility index (Phi) is 5.82. The van der Waals surface area contributed by atoms with Crippen LogP contribution >= 0.6 is 22.9 Å². The number of nitrogens with zero attached hydrogens (tertiary/aromatic N) is 7. The van der Waals surface area contributed by atoms with Gasteiger partial charge in [0.2, 0.25) is 0 Å². The van der Waals surface area contributed by atoms with Gasteiger partial charge in [-0.3, -0.25) is 14.9 Å². The third kappa shape index (κ3) is 4.18. The Labute approximate surface area is 213 Å². The van der Waals surface area contributed by atoms with Crippen molar-refractivity contribution in [3.8, 4) is 22.9 Å². The van der Waals surface area contributed by atoms with Gasteiger partial charge < -0.3 is 10.3 Å². The van der Waals surface area contributed by atoms with Crippen LogP contribution in [0.25, 0.3) is 33.9 Å². The van der Waals surface area contributed by atoms with E-state index in [-0.39, 0.29) is 17.8 Å². The molecule has 1 fully saturated rings. The molecule has 4 aromatic heterocycles. The molecule has 1 saturated heterocycles. The van der Waals surface area contributed by atoms with Crippen molar-refractivity contribution in [2.45, 2.75) is 18.9 Å². The lowest BCUT2D eigenvalue weighted by Crippen LogP contribution is -2.51. The van der Waals surface area contributed by atoms with Gasteiger partial charge in [-0.1, -0.05) is 35.1 Å². The van der Waals surface area contributed by atoms with E-state index in [0.29, 0.717) is 50.9 Å². The van der Waals surface area contributed by atoms with Crippen LogP contribution in [-0.4, -0.2) is 59.8 Å². The minimum atomic E-state index is -0.376. The highest BCUT2D eigenvalue weighted by atomic mass is 35.5. The number of pyridine rings is 1. The van der Waals surface area contributed by atoms with Crippen LogP contribution in [0.1, 0.15) is 22.6 Å². The van der Waals surface area contributed by atoms with Crippen molar-refractivity contribution in [3.63, 3.8) is 0 Å². The Morgan fingerprint density at radius 2 is 2.11 bits per heavy atom. The quantitative estimate of drug-likeness (QED) is 0.361. The van der Waals surface area contributed by atoms with Gasteiger partial charge in [0.1, 0.15) is 27.7 Å². The molecule has 1 atom stereocenters. The maximum atomic E-state index is 14.9. The third-order valence-corrected chi connectivity index (χ3v) is 7.08. The number of hydrogen-bond donors (Lipinski definition) is 2. The largest absolute Gasteiger partial charge is 0.345 e. The van der Waals surface area contributed by atoms with Crippen molar-refractivity contribution in [2.24, 2.45) is 0 Å². The standard InChI is InChI=1S/C23H19ClFN9OS/c24-19-10-27-23(36-19)22(35)30-13-4-3-7-33(11-13)34-18-8-16(20-28-12-29-32-20)26-9-17(18)31-21(34)14-5-1-2-6-15(14)25/h1-2,5-6,8-10,12-13H,3-4,7,11H2,(H,30,35)(H,28,29,32)/t13-/m0/s1. The fourth-order valence-corrected chi connectivity index (χ4v) is 5.20. The first-order valence-corrected chi connectivity index (χ1v) is 12.4. The number of piperidine rings is 1. The molecule has 1 aromatic carbocycles. The molecule has 0 spiro atoms. The lowest BCUT2D eigenvalue weighted by molar-refractivity contribution is 0.0931. The summed E-state index contributed by atoms with van der Waals surface area (Å²) in [6, 6.07) is 8.23. The van der Waals surface area contributed by atoms with E-state index in [1.807, 2.05) is 10.7 Å². The number of H-pyrrole nitrogens is 1. The van der Waals surface area contributed by atoms with Crippen molar-refractivity contribution < 1.29 is 9.18 Å². The summed E-state index contributed by atoms with van der Waals surface area (Å²) in [4.78, 5) is 30.2. The number of thiazole rings is 1. The van der Waals surface area contributed by atoms with Crippen molar-refractivity contribution in [1.29, 1.82) is 0 Å². The van der Waals surface area contributed by atoms with Gasteiger partial charge in [-0.05, 0) is 31.0 Å². The molecule has 0 unspecified atom stereocenters. The van der Waals surface area contributed by atoms with Crippen molar-refractivity contribution >= 4 is 39.9 Å². The van der Waals surface area contributed by atoms with Crippen molar-refractivity contribution in [3.05, 3.63) is 64.2 Å².